The van der Waals surface area contributed by atoms with Crippen LogP contribution in [0.2, 0.25) is 0 Å². The monoisotopic (exact) mass is 424 g/mol. The largest absolute Gasteiger partial charge is 0.480 e. The molecule has 0 rings (SSSR count). The smallest absolute Gasteiger partial charge is 0.326 e. The molecule has 0 bridgehead atoms. The van der Waals surface area contributed by atoms with E-state index in [1.165, 1.54) is 18.4 Å². The molecule has 0 unspecified atom stereocenters. The summed E-state index contributed by atoms with van der Waals surface area (Å²) in [6.45, 7) is 9.31. The quantitative estimate of drug-likeness (QED) is 0.190. The van der Waals surface area contributed by atoms with Crippen LogP contribution in [0.15, 0.2) is 60.9 Å². The Morgan fingerprint density at radius 2 is 1.13 bits per heavy atom. The highest BCUT2D eigenvalue weighted by Crippen LogP contribution is 2.47. The van der Waals surface area contributed by atoms with Crippen molar-refractivity contribution in [1.82, 2.24) is 0 Å². The van der Waals surface area contributed by atoms with Crippen molar-refractivity contribution in [2.45, 2.75) is 34.6 Å². The van der Waals surface area contributed by atoms with Crippen LogP contribution >= 0.6 is 0 Å². The van der Waals surface area contributed by atoms with Gasteiger partial charge in [0.05, 0.1) is 32.7 Å². The molecule has 0 heterocycles. The van der Waals surface area contributed by atoms with E-state index in [2.05, 4.69) is 4.74 Å². The third kappa shape index (κ3) is 8.49. The first-order valence-corrected chi connectivity index (χ1v) is 9.74. The molecule has 0 saturated carbocycles. The summed E-state index contributed by atoms with van der Waals surface area (Å²) in [7, 11) is 0. The first-order valence-electron chi connectivity index (χ1n) is 9.74. The molecule has 0 atom stereocenters. The summed E-state index contributed by atoms with van der Waals surface area (Å²) in [4.78, 5) is 25.0. The Hall–Kier alpha value is -2.48. The lowest BCUT2D eigenvalue weighted by molar-refractivity contribution is -0.159. The van der Waals surface area contributed by atoms with Gasteiger partial charge in [0.15, 0.2) is 0 Å². The highest BCUT2D eigenvalue weighted by atomic mass is 16.5. The van der Waals surface area contributed by atoms with Gasteiger partial charge in [-0.15, -0.1) is 0 Å². The SMILES string of the molecule is CC=COC(=O)C(C=CC)(C=CC)C(C=CC)(C=CC)C(=O)O.OCCOCCO. The van der Waals surface area contributed by atoms with Gasteiger partial charge in [-0.05, 0) is 34.6 Å². The minimum absolute atomic E-state index is 0.0278. The molecular weight excluding hydrogens is 388 g/mol. The molecule has 0 radical (unpaired) electrons. The highest BCUT2D eigenvalue weighted by Gasteiger charge is 2.56. The van der Waals surface area contributed by atoms with Crippen molar-refractivity contribution in [3.63, 3.8) is 0 Å². The van der Waals surface area contributed by atoms with Crippen molar-refractivity contribution in [3.05, 3.63) is 60.9 Å². The number of carboxylic acids is 1. The third-order valence-electron chi connectivity index (χ3n) is 3.88. The Bertz CT molecular complexity index is 599. The number of aliphatic hydroxyl groups is 2. The lowest BCUT2D eigenvalue weighted by Crippen LogP contribution is -2.48. The van der Waals surface area contributed by atoms with Gasteiger partial charge in [-0.3, -0.25) is 9.59 Å². The minimum atomic E-state index is -1.59. The van der Waals surface area contributed by atoms with E-state index in [1.807, 2.05) is 0 Å². The molecule has 0 aliphatic carbocycles. The van der Waals surface area contributed by atoms with Crippen molar-refractivity contribution < 1.29 is 34.4 Å². The number of carboxylic acid groups (broad SMARTS) is 1. The van der Waals surface area contributed by atoms with Gasteiger partial charge >= 0.3 is 11.9 Å². The highest BCUT2D eigenvalue weighted by molar-refractivity contribution is 5.94. The summed E-state index contributed by atoms with van der Waals surface area (Å²) in [5.41, 5.74) is -3.09. The summed E-state index contributed by atoms with van der Waals surface area (Å²) in [6.07, 6.45) is 15.5. The molecule has 0 aromatic rings. The molecule has 3 N–H and O–H groups in total. The van der Waals surface area contributed by atoms with Gasteiger partial charge in [-0.25, -0.2) is 0 Å². The van der Waals surface area contributed by atoms with E-state index < -0.39 is 22.8 Å². The topological polar surface area (TPSA) is 113 Å². The zero-order chi connectivity index (χ0) is 23.5. The summed E-state index contributed by atoms with van der Waals surface area (Å²) in [5, 5.41) is 26.1. The fourth-order valence-electron chi connectivity index (χ4n) is 2.80. The van der Waals surface area contributed by atoms with Gasteiger partial charge < -0.3 is 24.8 Å². The Kier molecular flexibility index (Phi) is 17.2. The maximum atomic E-state index is 12.8. The van der Waals surface area contributed by atoms with E-state index in [1.54, 1.807) is 77.2 Å². The number of aliphatic hydroxyl groups excluding tert-OH is 2. The number of ether oxygens (including phenoxy) is 2. The lowest BCUT2D eigenvalue weighted by atomic mass is 9.62. The molecule has 7 nitrogen and oxygen atoms in total. The fraction of sp³-hybridized carbons (Fsp3) is 0.478. The number of carbonyl (C=O) groups excluding carboxylic acids is 1. The second kappa shape index (κ2) is 17.4. The Morgan fingerprint density at radius 1 is 0.733 bits per heavy atom. The third-order valence-corrected chi connectivity index (χ3v) is 3.88. The second-order valence-corrected chi connectivity index (χ2v) is 5.98. The van der Waals surface area contributed by atoms with Crippen molar-refractivity contribution in [3.8, 4) is 0 Å². The maximum Gasteiger partial charge on any atom is 0.326 e. The van der Waals surface area contributed by atoms with Crippen LogP contribution in [0, 0.1) is 10.8 Å². The van der Waals surface area contributed by atoms with Gasteiger partial charge in [0.2, 0.25) is 0 Å². The molecular formula is C23H36O7. The van der Waals surface area contributed by atoms with Crippen LogP contribution in [0.1, 0.15) is 34.6 Å². The van der Waals surface area contributed by atoms with Crippen molar-refractivity contribution in [2.75, 3.05) is 26.4 Å². The molecule has 170 valence electrons. The lowest BCUT2D eigenvalue weighted by Gasteiger charge is -2.38. The van der Waals surface area contributed by atoms with Crippen LogP contribution in [0.5, 0.6) is 0 Å². The number of allylic oxidation sites excluding steroid dienone is 5. The standard InChI is InChI=1S/C19H26O4.C4H10O3/c1-6-11-18(12-7-2,16(20)21)19(13-8-3,14-9-4)17(22)23-15-10-5;5-1-3-7-4-2-6/h6-15H,1-5H3,(H,20,21);5-6H,1-4H2. The normalized spacial score (nSPS) is 16.1. The van der Waals surface area contributed by atoms with Gasteiger partial charge in [-0.2, -0.15) is 0 Å². The van der Waals surface area contributed by atoms with Crippen LogP contribution in [-0.4, -0.2) is 53.7 Å². The van der Waals surface area contributed by atoms with Crippen molar-refractivity contribution in [1.29, 1.82) is 0 Å². The molecule has 0 aromatic carbocycles. The van der Waals surface area contributed by atoms with Crippen LogP contribution < -0.4 is 0 Å². The number of esters is 1. The van der Waals surface area contributed by atoms with E-state index in [4.69, 9.17) is 14.9 Å². The number of aliphatic carboxylic acids is 1. The van der Waals surface area contributed by atoms with Gasteiger partial charge in [-0.1, -0.05) is 54.7 Å². The van der Waals surface area contributed by atoms with E-state index >= 15 is 0 Å². The first-order chi connectivity index (χ1) is 14.3. The van der Waals surface area contributed by atoms with Crippen LogP contribution in [-0.2, 0) is 19.1 Å². The predicted molar refractivity (Wildman–Crippen MR) is 118 cm³/mol. The average Bonchev–Trinajstić information content (AvgIpc) is 2.72. The van der Waals surface area contributed by atoms with E-state index in [0.717, 1.165) is 0 Å². The van der Waals surface area contributed by atoms with Crippen LogP contribution in [0.3, 0.4) is 0 Å². The van der Waals surface area contributed by atoms with Crippen molar-refractivity contribution in [2.24, 2.45) is 10.8 Å². The molecule has 0 aliphatic rings. The first kappa shape index (κ1) is 29.7. The van der Waals surface area contributed by atoms with E-state index in [-0.39, 0.29) is 13.2 Å². The van der Waals surface area contributed by atoms with Crippen LogP contribution in [0.25, 0.3) is 0 Å². The zero-order valence-electron chi connectivity index (χ0n) is 18.6. The number of rotatable bonds is 12. The molecule has 0 spiro atoms. The maximum absolute atomic E-state index is 12.8. The summed E-state index contributed by atoms with van der Waals surface area (Å²) < 4.78 is 9.79. The molecule has 0 saturated heterocycles. The predicted octanol–water partition coefficient (Wildman–Crippen LogP) is 3.41. The number of carbonyl (C=O) groups is 2. The minimum Gasteiger partial charge on any atom is -0.480 e. The average molecular weight is 425 g/mol. The number of hydrogen-bond donors (Lipinski definition) is 3. The molecule has 7 heteroatoms. The Balaban J connectivity index is 0. The molecule has 30 heavy (non-hydrogen) atoms. The molecule has 0 amide bonds. The zero-order valence-corrected chi connectivity index (χ0v) is 18.6. The Labute approximate surface area is 179 Å². The van der Waals surface area contributed by atoms with Crippen LogP contribution in [0.4, 0.5) is 0 Å². The van der Waals surface area contributed by atoms with E-state index in [9.17, 15) is 14.7 Å². The summed E-state index contributed by atoms with van der Waals surface area (Å²) in [6, 6.07) is 0. The summed E-state index contributed by atoms with van der Waals surface area (Å²) >= 11 is 0. The van der Waals surface area contributed by atoms with Gasteiger partial charge in [0.25, 0.3) is 0 Å². The fourth-order valence-corrected chi connectivity index (χ4v) is 2.80. The van der Waals surface area contributed by atoms with Gasteiger partial charge in [0.1, 0.15) is 10.8 Å². The Morgan fingerprint density at radius 3 is 1.43 bits per heavy atom. The molecule has 0 fully saturated rings. The second-order valence-electron chi connectivity index (χ2n) is 5.98. The molecule has 0 aromatic heterocycles. The van der Waals surface area contributed by atoms with Crippen molar-refractivity contribution >= 4 is 11.9 Å². The van der Waals surface area contributed by atoms with E-state index in [0.29, 0.717) is 13.2 Å². The van der Waals surface area contributed by atoms with Gasteiger partial charge in [0, 0.05) is 0 Å². The molecule has 0 aliphatic heterocycles. The number of hydrogen-bond acceptors (Lipinski definition) is 6. The summed E-state index contributed by atoms with van der Waals surface area (Å²) in [5.74, 6) is -1.80.